The normalized spacial score (nSPS) is 11.2. The molecule has 1 heterocycles. The molecule has 0 unspecified atom stereocenters. The van der Waals surface area contributed by atoms with E-state index in [0.717, 1.165) is 12.1 Å². The number of carbonyl (C=O) groups excluding carboxylic acids is 1. The van der Waals surface area contributed by atoms with Crippen molar-refractivity contribution in [3.8, 4) is 5.75 Å². The van der Waals surface area contributed by atoms with Gasteiger partial charge in [-0.25, -0.2) is 9.78 Å². The van der Waals surface area contributed by atoms with Gasteiger partial charge in [-0.05, 0) is 19.1 Å². The average Bonchev–Trinajstić information content (AvgIpc) is 2.16. The maximum atomic E-state index is 12.3. The second kappa shape index (κ2) is 4.38. The predicted octanol–water partition coefficient (Wildman–Crippen LogP) is 1.98. The number of pyridine rings is 1. The zero-order chi connectivity index (χ0) is 12.3. The highest BCUT2D eigenvalue weighted by molar-refractivity contribution is 5.87. The van der Waals surface area contributed by atoms with E-state index in [0.29, 0.717) is 0 Å². The van der Waals surface area contributed by atoms with Crippen LogP contribution < -0.4 is 0 Å². The van der Waals surface area contributed by atoms with Gasteiger partial charge in [-0.2, -0.15) is 13.2 Å². The number of rotatable bonds is 2. The molecule has 1 rings (SSSR count). The van der Waals surface area contributed by atoms with Crippen LogP contribution in [0.1, 0.15) is 23.1 Å². The number of hydrogen-bond donors (Lipinski definition) is 1. The molecule has 7 heteroatoms. The molecule has 0 atom stereocenters. The third-order valence-electron chi connectivity index (χ3n) is 1.63. The Hall–Kier alpha value is -1.79. The Bertz CT molecular complexity index is 403. The number of halogens is 3. The number of carbonyl (C=O) groups is 1. The molecule has 0 fully saturated rings. The van der Waals surface area contributed by atoms with E-state index in [-0.39, 0.29) is 6.61 Å². The van der Waals surface area contributed by atoms with Crippen LogP contribution in [0.4, 0.5) is 13.2 Å². The van der Waals surface area contributed by atoms with Gasteiger partial charge in [0.1, 0.15) is 11.4 Å². The van der Waals surface area contributed by atoms with E-state index in [2.05, 4.69) is 9.72 Å². The van der Waals surface area contributed by atoms with Crippen molar-refractivity contribution in [3.05, 3.63) is 23.5 Å². The summed E-state index contributed by atoms with van der Waals surface area (Å²) in [6, 6.07) is 1.71. The summed E-state index contributed by atoms with van der Waals surface area (Å²) in [6.07, 6.45) is -4.81. The Balaban J connectivity index is 3.13. The van der Waals surface area contributed by atoms with Crippen LogP contribution in [-0.4, -0.2) is 22.7 Å². The number of alkyl halides is 3. The molecule has 0 bridgehead atoms. The quantitative estimate of drug-likeness (QED) is 0.796. The van der Waals surface area contributed by atoms with Crippen LogP contribution in [0.2, 0.25) is 0 Å². The molecule has 1 N–H and O–H groups in total. The molecule has 1 aromatic heterocycles. The van der Waals surface area contributed by atoms with Crippen molar-refractivity contribution < 1.29 is 27.8 Å². The second-order valence-corrected chi connectivity index (χ2v) is 2.78. The Morgan fingerprint density at radius 1 is 1.50 bits per heavy atom. The fourth-order valence-electron chi connectivity index (χ4n) is 0.979. The first-order valence-corrected chi connectivity index (χ1v) is 4.30. The van der Waals surface area contributed by atoms with Gasteiger partial charge in [0.25, 0.3) is 0 Å². The molecule has 0 aromatic carbocycles. The number of esters is 1. The van der Waals surface area contributed by atoms with Crippen molar-refractivity contribution in [3.63, 3.8) is 0 Å². The average molecular weight is 235 g/mol. The lowest BCUT2D eigenvalue weighted by Gasteiger charge is -2.09. The third-order valence-corrected chi connectivity index (χ3v) is 1.63. The lowest BCUT2D eigenvalue weighted by atomic mass is 10.2. The van der Waals surface area contributed by atoms with Gasteiger partial charge in [-0.1, -0.05) is 0 Å². The van der Waals surface area contributed by atoms with Crippen LogP contribution in [0.3, 0.4) is 0 Å². The van der Waals surface area contributed by atoms with Gasteiger partial charge in [0.15, 0.2) is 5.69 Å². The number of nitrogens with zero attached hydrogens (tertiary/aromatic N) is 1. The Morgan fingerprint density at radius 2 is 2.12 bits per heavy atom. The van der Waals surface area contributed by atoms with Crippen LogP contribution >= 0.6 is 0 Å². The smallest absolute Gasteiger partial charge is 0.437 e. The van der Waals surface area contributed by atoms with Gasteiger partial charge >= 0.3 is 12.1 Å². The van der Waals surface area contributed by atoms with Gasteiger partial charge in [-0.3, -0.25) is 0 Å². The van der Waals surface area contributed by atoms with Crippen molar-refractivity contribution in [2.45, 2.75) is 13.1 Å². The summed E-state index contributed by atoms with van der Waals surface area (Å²) in [5.41, 5.74) is -2.00. The van der Waals surface area contributed by atoms with E-state index in [4.69, 9.17) is 5.11 Å². The largest absolute Gasteiger partial charge is 0.506 e. The third kappa shape index (κ3) is 2.62. The summed E-state index contributed by atoms with van der Waals surface area (Å²) in [7, 11) is 0. The molecule has 0 saturated carbocycles. The lowest BCUT2D eigenvalue weighted by molar-refractivity contribution is -0.142. The predicted molar refractivity (Wildman–Crippen MR) is 46.9 cm³/mol. The van der Waals surface area contributed by atoms with Crippen LogP contribution in [-0.2, 0) is 10.9 Å². The van der Waals surface area contributed by atoms with E-state index in [1.165, 1.54) is 6.92 Å². The van der Waals surface area contributed by atoms with Crippen LogP contribution in [0, 0.1) is 0 Å². The van der Waals surface area contributed by atoms with E-state index in [1.54, 1.807) is 0 Å². The van der Waals surface area contributed by atoms with Gasteiger partial charge in [0.2, 0.25) is 0 Å². The standard InChI is InChI=1S/C9H8F3NO3/c1-2-16-8(15)5-3-4-6(14)7(13-5)9(10,11)12/h3-4,14H,2H2,1H3. The summed E-state index contributed by atoms with van der Waals surface area (Å²) in [5, 5.41) is 8.95. The van der Waals surface area contributed by atoms with Crippen LogP contribution in [0.15, 0.2) is 12.1 Å². The summed E-state index contributed by atoms with van der Waals surface area (Å²) in [4.78, 5) is 14.1. The van der Waals surface area contributed by atoms with Crippen molar-refractivity contribution in [1.29, 1.82) is 0 Å². The second-order valence-electron chi connectivity index (χ2n) is 2.78. The van der Waals surface area contributed by atoms with E-state index in [1.807, 2.05) is 0 Å². The van der Waals surface area contributed by atoms with E-state index < -0.39 is 29.3 Å². The van der Waals surface area contributed by atoms with E-state index >= 15 is 0 Å². The van der Waals surface area contributed by atoms with Gasteiger partial charge in [0, 0.05) is 0 Å². The fraction of sp³-hybridized carbons (Fsp3) is 0.333. The topological polar surface area (TPSA) is 59.4 Å². The molecule has 88 valence electrons. The van der Waals surface area contributed by atoms with Crippen molar-refractivity contribution in [2.24, 2.45) is 0 Å². The number of aromatic nitrogens is 1. The first kappa shape index (κ1) is 12.3. The van der Waals surface area contributed by atoms with Crippen molar-refractivity contribution in [2.75, 3.05) is 6.61 Å². The molecule has 4 nitrogen and oxygen atoms in total. The Kier molecular flexibility index (Phi) is 3.36. The summed E-state index contributed by atoms with van der Waals surface area (Å²) < 4.78 is 41.4. The molecular weight excluding hydrogens is 227 g/mol. The molecule has 0 saturated heterocycles. The maximum Gasteiger partial charge on any atom is 0.437 e. The first-order valence-electron chi connectivity index (χ1n) is 4.30. The SMILES string of the molecule is CCOC(=O)c1ccc(O)c(C(F)(F)F)n1. The van der Waals surface area contributed by atoms with Crippen molar-refractivity contribution in [1.82, 2.24) is 4.98 Å². The highest BCUT2D eigenvalue weighted by Gasteiger charge is 2.36. The molecular formula is C9H8F3NO3. The highest BCUT2D eigenvalue weighted by Crippen LogP contribution is 2.33. The molecule has 0 spiro atoms. The zero-order valence-electron chi connectivity index (χ0n) is 8.21. The maximum absolute atomic E-state index is 12.3. The first-order chi connectivity index (χ1) is 7.36. The Morgan fingerprint density at radius 3 is 2.62 bits per heavy atom. The molecule has 0 amide bonds. The highest BCUT2D eigenvalue weighted by atomic mass is 19.4. The number of ether oxygens (including phenoxy) is 1. The van der Waals surface area contributed by atoms with Gasteiger partial charge in [-0.15, -0.1) is 0 Å². The summed E-state index contributed by atoms with van der Waals surface area (Å²) in [6.45, 7) is 1.55. The van der Waals surface area contributed by atoms with Crippen LogP contribution in [0.5, 0.6) is 5.75 Å². The minimum absolute atomic E-state index is 0.0305. The van der Waals surface area contributed by atoms with Crippen molar-refractivity contribution >= 4 is 5.97 Å². The molecule has 0 aliphatic rings. The van der Waals surface area contributed by atoms with Gasteiger partial charge in [0.05, 0.1) is 6.61 Å². The summed E-state index contributed by atoms with van der Waals surface area (Å²) in [5.74, 6) is -1.99. The minimum Gasteiger partial charge on any atom is -0.506 e. The molecule has 16 heavy (non-hydrogen) atoms. The molecule has 0 aliphatic heterocycles. The Labute approximate surface area is 88.7 Å². The molecule has 0 radical (unpaired) electrons. The molecule has 0 aliphatic carbocycles. The minimum atomic E-state index is -4.81. The monoisotopic (exact) mass is 235 g/mol. The fourth-order valence-corrected chi connectivity index (χ4v) is 0.979. The number of hydrogen-bond acceptors (Lipinski definition) is 4. The lowest BCUT2D eigenvalue weighted by Crippen LogP contribution is -2.13. The van der Waals surface area contributed by atoms with Crippen LogP contribution in [0.25, 0.3) is 0 Å². The number of aromatic hydroxyl groups is 1. The van der Waals surface area contributed by atoms with E-state index in [9.17, 15) is 18.0 Å². The summed E-state index contributed by atoms with van der Waals surface area (Å²) >= 11 is 0. The zero-order valence-corrected chi connectivity index (χ0v) is 8.21. The van der Waals surface area contributed by atoms with Gasteiger partial charge < -0.3 is 9.84 Å². The molecule has 1 aromatic rings.